The van der Waals surface area contributed by atoms with E-state index in [0.717, 1.165) is 16.8 Å². The first-order valence-corrected chi connectivity index (χ1v) is 6.66. The van der Waals surface area contributed by atoms with Crippen LogP contribution in [-0.2, 0) is 14.4 Å². The smallest absolute Gasteiger partial charge is 0.328 e. The highest BCUT2D eigenvalue weighted by atomic mass is 16.5. The first-order valence-electron chi connectivity index (χ1n) is 6.66. The fourth-order valence-corrected chi connectivity index (χ4v) is 1.76. The van der Waals surface area contributed by atoms with E-state index in [-0.39, 0.29) is 6.61 Å². The van der Waals surface area contributed by atoms with Crippen LogP contribution in [0.2, 0.25) is 0 Å². The molecule has 0 aliphatic heterocycles. The molecule has 0 aliphatic rings. The van der Waals surface area contributed by atoms with Crippen LogP contribution in [0.4, 0.5) is 0 Å². The van der Waals surface area contributed by atoms with Crippen LogP contribution in [0.3, 0.4) is 0 Å². The van der Waals surface area contributed by atoms with Crippen molar-refractivity contribution >= 4 is 28.6 Å². The van der Waals surface area contributed by atoms with Gasteiger partial charge in [-0.2, -0.15) is 0 Å². The van der Waals surface area contributed by atoms with Gasteiger partial charge < -0.3 is 9.84 Å². The number of carboxylic acid groups (broad SMARTS) is 1. The largest absolute Gasteiger partial charge is 0.484 e. The molecule has 118 valence electrons. The normalized spacial score (nSPS) is 10.4. The number of benzene rings is 2. The van der Waals surface area contributed by atoms with Gasteiger partial charge in [-0.15, -0.1) is 0 Å². The number of aliphatic carboxylic acids is 1. The molecule has 0 aromatic heterocycles. The van der Waals surface area contributed by atoms with Crippen molar-refractivity contribution in [2.24, 2.45) is 0 Å². The van der Waals surface area contributed by atoms with Crippen LogP contribution >= 0.6 is 0 Å². The molecule has 0 heterocycles. The van der Waals surface area contributed by atoms with Crippen LogP contribution in [0, 0.1) is 0 Å². The predicted octanol–water partition coefficient (Wildman–Crippen LogP) is 1.01. The van der Waals surface area contributed by atoms with Gasteiger partial charge in [-0.1, -0.05) is 30.3 Å². The molecule has 0 atom stereocenters. The molecule has 0 spiro atoms. The lowest BCUT2D eigenvalue weighted by Gasteiger charge is -2.08. The van der Waals surface area contributed by atoms with Gasteiger partial charge in [0.2, 0.25) is 0 Å². The summed E-state index contributed by atoms with van der Waals surface area (Å²) in [5.74, 6) is -2.07. The fourth-order valence-electron chi connectivity index (χ4n) is 1.76. The molecule has 2 amide bonds. The second-order valence-corrected chi connectivity index (χ2v) is 4.51. The average molecular weight is 314 g/mol. The van der Waals surface area contributed by atoms with Crippen LogP contribution in [0.25, 0.3) is 10.8 Å². The minimum atomic E-state index is -1.26. The standard InChI is InChI=1S/C16H14N2O5/c19-14(7-8-16(21)22)17-18-15(20)10-23-13-6-5-11-3-1-2-4-12(11)9-13/h1-9H,10H2,(H,17,19)(H,18,20)(H,21,22)/b8-7+. The number of carbonyl (C=O) groups is 3. The Kier molecular flexibility index (Phi) is 5.30. The van der Waals surface area contributed by atoms with E-state index in [0.29, 0.717) is 11.8 Å². The molecular weight excluding hydrogens is 300 g/mol. The summed E-state index contributed by atoms with van der Waals surface area (Å²) in [6, 6.07) is 13.1. The number of hydrogen-bond acceptors (Lipinski definition) is 4. The number of ether oxygens (including phenoxy) is 1. The van der Waals surface area contributed by atoms with Gasteiger partial charge in [0.15, 0.2) is 6.61 Å². The molecule has 7 heteroatoms. The van der Waals surface area contributed by atoms with Gasteiger partial charge in [-0.05, 0) is 22.9 Å². The summed E-state index contributed by atoms with van der Waals surface area (Å²) in [6.07, 6.45) is 1.44. The molecule has 0 radical (unpaired) electrons. The van der Waals surface area contributed by atoms with E-state index in [1.54, 1.807) is 12.1 Å². The summed E-state index contributed by atoms with van der Waals surface area (Å²) in [4.78, 5) is 32.9. The monoisotopic (exact) mass is 314 g/mol. The fraction of sp³-hybridized carbons (Fsp3) is 0.0625. The van der Waals surface area contributed by atoms with Crippen LogP contribution in [0.1, 0.15) is 0 Å². The van der Waals surface area contributed by atoms with E-state index in [9.17, 15) is 14.4 Å². The zero-order chi connectivity index (χ0) is 16.7. The lowest BCUT2D eigenvalue weighted by atomic mass is 10.1. The van der Waals surface area contributed by atoms with Crippen LogP contribution in [0.5, 0.6) is 5.75 Å². The third-order valence-electron chi connectivity index (χ3n) is 2.79. The Balaban J connectivity index is 1.81. The summed E-state index contributed by atoms with van der Waals surface area (Å²) >= 11 is 0. The number of hydrazine groups is 1. The molecule has 2 rings (SSSR count). The summed E-state index contributed by atoms with van der Waals surface area (Å²) in [5, 5.41) is 10.4. The van der Waals surface area contributed by atoms with Crippen molar-refractivity contribution in [2.45, 2.75) is 0 Å². The third-order valence-corrected chi connectivity index (χ3v) is 2.79. The molecular formula is C16H14N2O5. The Morgan fingerprint density at radius 1 is 1.00 bits per heavy atom. The molecule has 0 fully saturated rings. The second-order valence-electron chi connectivity index (χ2n) is 4.51. The Bertz CT molecular complexity index is 770. The van der Waals surface area contributed by atoms with Crippen molar-refractivity contribution in [3.8, 4) is 5.75 Å². The Hall–Kier alpha value is -3.35. The van der Waals surface area contributed by atoms with Gasteiger partial charge in [-0.3, -0.25) is 20.4 Å². The van der Waals surface area contributed by atoms with Crippen molar-refractivity contribution in [1.29, 1.82) is 0 Å². The molecule has 3 N–H and O–H groups in total. The first kappa shape index (κ1) is 16.0. The van der Waals surface area contributed by atoms with E-state index in [2.05, 4.69) is 5.43 Å². The van der Waals surface area contributed by atoms with E-state index in [1.165, 1.54) is 0 Å². The van der Waals surface area contributed by atoms with E-state index >= 15 is 0 Å². The maximum absolute atomic E-state index is 11.5. The second kappa shape index (κ2) is 7.60. The summed E-state index contributed by atoms with van der Waals surface area (Å²) in [5.41, 5.74) is 4.14. The highest BCUT2D eigenvalue weighted by Crippen LogP contribution is 2.20. The quantitative estimate of drug-likeness (QED) is 0.564. The third kappa shape index (κ3) is 5.16. The molecule has 2 aromatic carbocycles. The number of rotatable bonds is 5. The van der Waals surface area contributed by atoms with E-state index < -0.39 is 17.8 Å². The Labute approximate surface area is 131 Å². The lowest BCUT2D eigenvalue weighted by molar-refractivity contribution is -0.131. The van der Waals surface area contributed by atoms with Gasteiger partial charge >= 0.3 is 5.97 Å². The zero-order valence-corrected chi connectivity index (χ0v) is 12.0. The lowest BCUT2D eigenvalue weighted by Crippen LogP contribution is -2.43. The molecule has 2 aromatic rings. The topological polar surface area (TPSA) is 105 Å². The average Bonchev–Trinajstić information content (AvgIpc) is 2.56. The number of nitrogens with one attached hydrogen (secondary N) is 2. The van der Waals surface area contributed by atoms with Gasteiger partial charge in [0.05, 0.1) is 0 Å². The first-order chi connectivity index (χ1) is 11.0. The number of hydrogen-bond donors (Lipinski definition) is 3. The Morgan fingerprint density at radius 2 is 1.74 bits per heavy atom. The number of amides is 2. The summed E-state index contributed by atoms with van der Waals surface area (Å²) < 4.78 is 5.33. The summed E-state index contributed by atoms with van der Waals surface area (Å²) in [6.45, 7) is -0.290. The minimum absolute atomic E-state index is 0.290. The molecule has 0 bridgehead atoms. The number of carboxylic acids is 1. The molecule has 0 aliphatic carbocycles. The predicted molar refractivity (Wildman–Crippen MR) is 82.5 cm³/mol. The maximum atomic E-state index is 11.5. The van der Waals surface area contributed by atoms with Crippen molar-refractivity contribution in [3.63, 3.8) is 0 Å². The van der Waals surface area contributed by atoms with Crippen molar-refractivity contribution in [3.05, 3.63) is 54.6 Å². The zero-order valence-electron chi connectivity index (χ0n) is 12.0. The molecule has 0 unspecified atom stereocenters. The SMILES string of the molecule is O=C(O)/C=C/C(=O)NNC(=O)COc1ccc2ccccc2c1. The van der Waals surface area contributed by atoms with Crippen LogP contribution in [-0.4, -0.2) is 29.5 Å². The maximum Gasteiger partial charge on any atom is 0.328 e. The van der Waals surface area contributed by atoms with Crippen LogP contribution < -0.4 is 15.6 Å². The highest BCUT2D eigenvalue weighted by Gasteiger charge is 2.04. The summed E-state index contributed by atoms with van der Waals surface area (Å²) in [7, 11) is 0. The minimum Gasteiger partial charge on any atom is -0.484 e. The molecule has 7 nitrogen and oxygen atoms in total. The van der Waals surface area contributed by atoms with Gasteiger partial charge in [0, 0.05) is 12.2 Å². The van der Waals surface area contributed by atoms with Crippen molar-refractivity contribution in [2.75, 3.05) is 6.61 Å². The molecule has 0 saturated carbocycles. The Morgan fingerprint density at radius 3 is 2.48 bits per heavy atom. The van der Waals surface area contributed by atoms with E-state index in [1.807, 2.05) is 35.8 Å². The highest BCUT2D eigenvalue weighted by molar-refractivity contribution is 5.94. The number of fused-ring (bicyclic) bond motifs is 1. The van der Waals surface area contributed by atoms with Crippen molar-refractivity contribution < 1.29 is 24.2 Å². The molecule has 0 saturated heterocycles. The molecule has 23 heavy (non-hydrogen) atoms. The van der Waals surface area contributed by atoms with Crippen LogP contribution in [0.15, 0.2) is 54.6 Å². The van der Waals surface area contributed by atoms with Crippen molar-refractivity contribution in [1.82, 2.24) is 10.9 Å². The van der Waals surface area contributed by atoms with Gasteiger partial charge in [0.25, 0.3) is 11.8 Å². The van der Waals surface area contributed by atoms with Gasteiger partial charge in [-0.25, -0.2) is 4.79 Å². The van der Waals surface area contributed by atoms with Gasteiger partial charge in [0.1, 0.15) is 5.75 Å². The van der Waals surface area contributed by atoms with E-state index in [4.69, 9.17) is 9.84 Å². The number of carbonyl (C=O) groups excluding carboxylic acids is 2.